The van der Waals surface area contributed by atoms with E-state index in [1.165, 1.54) is 0 Å². The fourth-order valence-corrected chi connectivity index (χ4v) is 3.94. The Morgan fingerprint density at radius 2 is 2.00 bits per heavy atom. The van der Waals surface area contributed by atoms with Crippen LogP contribution in [0.25, 0.3) is 11.0 Å². The Morgan fingerprint density at radius 3 is 2.79 bits per heavy atom. The normalized spacial score (nSPS) is 11.1. The van der Waals surface area contributed by atoms with Crippen LogP contribution in [-0.2, 0) is 24.2 Å². The molecule has 1 N–H and O–H groups in total. The third-order valence-corrected chi connectivity index (χ3v) is 5.61. The molecular weight excluding hydrogens is 426 g/mol. The van der Waals surface area contributed by atoms with Gasteiger partial charge in [0.15, 0.2) is 11.5 Å². The summed E-state index contributed by atoms with van der Waals surface area (Å²) >= 11 is 0. The van der Waals surface area contributed by atoms with E-state index in [0.29, 0.717) is 19.7 Å². The topological polar surface area (TPSA) is 65.4 Å². The summed E-state index contributed by atoms with van der Waals surface area (Å²) in [6, 6.07) is 14.2. The number of carbonyl (C=O) groups excluding carboxylic acids is 1. The molecule has 0 spiro atoms. The van der Waals surface area contributed by atoms with Crippen LogP contribution in [0.2, 0.25) is 0 Å². The van der Waals surface area contributed by atoms with Gasteiger partial charge in [0.1, 0.15) is 12.4 Å². The van der Waals surface area contributed by atoms with Gasteiger partial charge in [0.2, 0.25) is 5.91 Å². The van der Waals surface area contributed by atoms with Crippen molar-refractivity contribution in [3.63, 3.8) is 0 Å². The first-order valence-electron chi connectivity index (χ1n) is 11.9. The zero-order valence-corrected chi connectivity index (χ0v) is 20.3. The standard InChI is InChI=1S/C28H35N3O3/c1-4-11-22-16-17-25(26(21-22)33-3)34-20-19-31-24-14-9-8-13-23(24)30-27(31)15-7-6-10-18-29-28(32)12-5-2/h4-5,8-9,12-14,16-17,21H,1,6-7,10-11,15,18-20H2,2-3H3,(H,29,32)/b12-5+. The number of benzene rings is 2. The first kappa shape index (κ1) is 25.1. The molecule has 0 aliphatic rings. The average Bonchev–Trinajstić information content (AvgIpc) is 3.19. The van der Waals surface area contributed by atoms with Crippen molar-refractivity contribution in [2.45, 2.75) is 45.6 Å². The number of aryl methyl sites for hydroxylation is 1. The Bertz CT molecular complexity index is 1120. The van der Waals surface area contributed by atoms with Crippen molar-refractivity contribution in [3.05, 3.63) is 78.7 Å². The molecular formula is C28H35N3O3. The zero-order chi connectivity index (χ0) is 24.2. The SMILES string of the molecule is C=CCc1ccc(OCCn2c(CCCCCNC(=O)/C=C/C)nc3ccccc32)c(OC)c1. The van der Waals surface area contributed by atoms with Crippen LogP contribution in [0.15, 0.2) is 67.3 Å². The van der Waals surface area contributed by atoms with Gasteiger partial charge in [-0.3, -0.25) is 4.79 Å². The van der Waals surface area contributed by atoms with E-state index >= 15 is 0 Å². The fourth-order valence-electron chi connectivity index (χ4n) is 3.94. The molecule has 0 unspecified atom stereocenters. The van der Waals surface area contributed by atoms with Gasteiger partial charge in [-0.15, -0.1) is 6.58 Å². The van der Waals surface area contributed by atoms with Gasteiger partial charge in [-0.25, -0.2) is 4.98 Å². The maximum absolute atomic E-state index is 11.5. The van der Waals surface area contributed by atoms with E-state index in [2.05, 4.69) is 22.5 Å². The molecule has 1 amide bonds. The molecule has 0 saturated heterocycles. The Labute approximate surface area is 202 Å². The van der Waals surface area contributed by atoms with Gasteiger partial charge in [0.25, 0.3) is 0 Å². The second kappa shape index (κ2) is 13.2. The molecule has 180 valence electrons. The number of amides is 1. The maximum Gasteiger partial charge on any atom is 0.243 e. The maximum atomic E-state index is 11.5. The molecule has 2 aromatic carbocycles. The highest BCUT2D eigenvalue weighted by atomic mass is 16.5. The van der Waals surface area contributed by atoms with Crippen molar-refractivity contribution in [1.82, 2.24) is 14.9 Å². The van der Waals surface area contributed by atoms with Crippen LogP contribution in [0.1, 0.15) is 37.6 Å². The molecule has 6 heteroatoms. The van der Waals surface area contributed by atoms with E-state index in [1.807, 2.05) is 49.4 Å². The summed E-state index contributed by atoms with van der Waals surface area (Å²) in [5, 5.41) is 2.90. The smallest absolute Gasteiger partial charge is 0.243 e. The van der Waals surface area contributed by atoms with Gasteiger partial charge >= 0.3 is 0 Å². The summed E-state index contributed by atoms with van der Waals surface area (Å²) in [5.41, 5.74) is 3.26. The number of ether oxygens (including phenoxy) is 2. The second-order valence-corrected chi connectivity index (χ2v) is 8.10. The highest BCUT2D eigenvalue weighted by Crippen LogP contribution is 2.28. The predicted octanol–water partition coefficient (Wildman–Crippen LogP) is 5.26. The van der Waals surface area contributed by atoms with Crippen molar-refractivity contribution in [2.24, 2.45) is 0 Å². The Hall–Kier alpha value is -3.54. The number of hydrogen-bond acceptors (Lipinski definition) is 4. The molecule has 1 heterocycles. The van der Waals surface area contributed by atoms with E-state index in [0.717, 1.165) is 66.0 Å². The molecule has 6 nitrogen and oxygen atoms in total. The summed E-state index contributed by atoms with van der Waals surface area (Å²) in [6.45, 7) is 7.55. The van der Waals surface area contributed by atoms with Crippen LogP contribution in [0, 0.1) is 0 Å². The minimum absolute atomic E-state index is 0.0312. The molecule has 0 aliphatic carbocycles. The van der Waals surface area contributed by atoms with Gasteiger partial charge in [-0.1, -0.05) is 36.8 Å². The second-order valence-electron chi connectivity index (χ2n) is 8.10. The third-order valence-electron chi connectivity index (χ3n) is 5.61. The van der Waals surface area contributed by atoms with E-state index in [1.54, 1.807) is 19.3 Å². The van der Waals surface area contributed by atoms with Crippen molar-refractivity contribution < 1.29 is 14.3 Å². The fraction of sp³-hybridized carbons (Fsp3) is 0.357. The van der Waals surface area contributed by atoms with Gasteiger partial charge < -0.3 is 19.4 Å². The highest BCUT2D eigenvalue weighted by molar-refractivity contribution is 5.87. The number of para-hydroxylation sites is 2. The van der Waals surface area contributed by atoms with Crippen LogP contribution >= 0.6 is 0 Å². The number of carbonyl (C=O) groups is 1. The van der Waals surface area contributed by atoms with Crippen LogP contribution in [-0.4, -0.2) is 35.7 Å². The Kier molecular flexibility index (Phi) is 9.77. The van der Waals surface area contributed by atoms with Crippen molar-refractivity contribution in [2.75, 3.05) is 20.3 Å². The predicted molar refractivity (Wildman–Crippen MR) is 138 cm³/mol. The number of imidazole rings is 1. The lowest BCUT2D eigenvalue weighted by Crippen LogP contribution is -2.22. The lowest BCUT2D eigenvalue weighted by molar-refractivity contribution is -0.116. The minimum atomic E-state index is -0.0312. The lowest BCUT2D eigenvalue weighted by Gasteiger charge is -2.14. The van der Waals surface area contributed by atoms with Crippen molar-refractivity contribution >= 4 is 16.9 Å². The number of hydrogen-bond donors (Lipinski definition) is 1. The summed E-state index contributed by atoms with van der Waals surface area (Å²) in [5.74, 6) is 2.50. The monoisotopic (exact) mass is 461 g/mol. The molecule has 0 atom stereocenters. The zero-order valence-electron chi connectivity index (χ0n) is 20.3. The molecule has 0 saturated carbocycles. The van der Waals surface area contributed by atoms with Crippen LogP contribution in [0.4, 0.5) is 0 Å². The van der Waals surface area contributed by atoms with E-state index in [4.69, 9.17) is 14.5 Å². The highest BCUT2D eigenvalue weighted by Gasteiger charge is 2.11. The van der Waals surface area contributed by atoms with Crippen LogP contribution < -0.4 is 14.8 Å². The number of fused-ring (bicyclic) bond motifs is 1. The molecule has 0 bridgehead atoms. The number of rotatable bonds is 14. The van der Waals surface area contributed by atoms with Gasteiger partial charge in [0, 0.05) is 13.0 Å². The molecule has 0 fully saturated rings. The lowest BCUT2D eigenvalue weighted by atomic mass is 10.1. The number of nitrogens with one attached hydrogen (secondary N) is 1. The molecule has 0 radical (unpaired) electrons. The summed E-state index contributed by atoms with van der Waals surface area (Å²) in [6.07, 6.45) is 9.86. The third kappa shape index (κ3) is 6.98. The van der Waals surface area contributed by atoms with Crippen LogP contribution in [0.3, 0.4) is 0 Å². The summed E-state index contributed by atoms with van der Waals surface area (Å²) in [7, 11) is 1.66. The number of aromatic nitrogens is 2. The van der Waals surface area contributed by atoms with E-state index in [-0.39, 0.29) is 5.91 Å². The van der Waals surface area contributed by atoms with Gasteiger partial charge in [-0.05, 0) is 62.1 Å². The van der Waals surface area contributed by atoms with Crippen LogP contribution in [0.5, 0.6) is 11.5 Å². The Morgan fingerprint density at radius 1 is 1.15 bits per heavy atom. The molecule has 1 aromatic heterocycles. The van der Waals surface area contributed by atoms with Crippen molar-refractivity contribution in [1.29, 1.82) is 0 Å². The van der Waals surface area contributed by atoms with E-state index in [9.17, 15) is 4.79 Å². The molecule has 34 heavy (non-hydrogen) atoms. The van der Waals surface area contributed by atoms with Gasteiger partial charge in [-0.2, -0.15) is 0 Å². The minimum Gasteiger partial charge on any atom is -0.493 e. The number of unbranched alkanes of at least 4 members (excludes halogenated alkanes) is 2. The first-order valence-corrected chi connectivity index (χ1v) is 11.9. The number of allylic oxidation sites excluding steroid dienone is 2. The van der Waals surface area contributed by atoms with Gasteiger partial charge in [0.05, 0.1) is 24.7 Å². The molecule has 0 aliphatic heterocycles. The summed E-state index contributed by atoms with van der Waals surface area (Å²) < 4.78 is 13.9. The van der Waals surface area contributed by atoms with E-state index < -0.39 is 0 Å². The average molecular weight is 462 g/mol. The van der Waals surface area contributed by atoms with Crippen molar-refractivity contribution in [3.8, 4) is 11.5 Å². The number of methoxy groups -OCH3 is 1. The first-order chi connectivity index (χ1) is 16.7. The summed E-state index contributed by atoms with van der Waals surface area (Å²) in [4.78, 5) is 16.4. The molecule has 3 rings (SSSR count). The quantitative estimate of drug-likeness (QED) is 0.202. The number of nitrogens with zero attached hydrogens (tertiary/aromatic N) is 2. The molecule has 3 aromatic rings. The Balaban J connectivity index is 1.58. The largest absolute Gasteiger partial charge is 0.493 e.